The van der Waals surface area contributed by atoms with Crippen LogP contribution >= 0.6 is 0 Å². The van der Waals surface area contributed by atoms with E-state index in [0.717, 1.165) is 43.4 Å². The van der Waals surface area contributed by atoms with Crippen LogP contribution in [0, 0.1) is 17.8 Å². The third kappa shape index (κ3) is 2.85. The van der Waals surface area contributed by atoms with Crippen LogP contribution in [0.5, 0.6) is 0 Å². The third-order valence-electron chi connectivity index (χ3n) is 6.64. The second-order valence-electron chi connectivity index (χ2n) is 7.76. The van der Waals surface area contributed by atoms with Gasteiger partial charge in [0.15, 0.2) is 0 Å². The van der Waals surface area contributed by atoms with Crippen molar-refractivity contribution in [2.45, 2.75) is 62.9 Å². The van der Waals surface area contributed by atoms with Gasteiger partial charge in [-0.25, -0.2) is 0 Å². The summed E-state index contributed by atoms with van der Waals surface area (Å²) in [7, 11) is 4.01. The molecule has 2 N–H and O–H groups in total. The zero-order valence-corrected chi connectivity index (χ0v) is 13.5. The summed E-state index contributed by atoms with van der Waals surface area (Å²) in [6, 6.07) is 0.418. The van der Waals surface area contributed by atoms with Gasteiger partial charge >= 0.3 is 5.97 Å². The average Bonchev–Trinajstić information content (AvgIpc) is 3.09. The molecule has 21 heavy (non-hydrogen) atoms. The number of aliphatic carboxylic acids is 1. The van der Waals surface area contributed by atoms with Crippen molar-refractivity contribution < 1.29 is 9.90 Å². The predicted octanol–water partition coefficient (Wildman–Crippen LogP) is 2.34. The molecule has 3 rings (SSSR count). The molecule has 0 heterocycles. The molecule has 4 heteroatoms. The monoisotopic (exact) mass is 294 g/mol. The molecule has 3 fully saturated rings. The summed E-state index contributed by atoms with van der Waals surface area (Å²) in [5.74, 6) is 2.14. The highest BCUT2D eigenvalue weighted by molar-refractivity contribution is 5.79. The maximum absolute atomic E-state index is 11.6. The maximum atomic E-state index is 11.6. The molecule has 0 radical (unpaired) electrons. The van der Waals surface area contributed by atoms with Crippen LogP contribution in [0.15, 0.2) is 0 Å². The van der Waals surface area contributed by atoms with Gasteiger partial charge in [0.1, 0.15) is 5.54 Å². The van der Waals surface area contributed by atoms with Gasteiger partial charge in [-0.15, -0.1) is 0 Å². The van der Waals surface area contributed by atoms with Gasteiger partial charge in [-0.1, -0.05) is 6.42 Å². The summed E-state index contributed by atoms with van der Waals surface area (Å²) >= 11 is 0. The summed E-state index contributed by atoms with van der Waals surface area (Å²) in [5, 5.41) is 12.7. The molecule has 0 saturated heterocycles. The lowest BCUT2D eigenvalue weighted by Gasteiger charge is -2.42. The molecule has 0 amide bonds. The lowest BCUT2D eigenvalue weighted by molar-refractivity contribution is -0.147. The van der Waals surface area contributed by atoms with Crippen molar-refractivity contribution in [3.8, 4) is 0 Å². The van der Waals surface area contributed by atoms with Gasteiger partial charge in [-0.05, 0) is 76.8 Å². The Hall–Kier alpha value is -0.610. The molecule has 0 aromatic carbocycles. The van der Waals surface area contributed by atoms with Crippen LogP contribution < -0.4 is 5.32 Å². The molecular weight excluding hydrogens is 264 g/mol. The van der Waals surface area contributed by atoms with Crippen LogP contribution in [0.1, 0.15) is 51.4 Å². The molecule has 4 nitrogen and oxygen atoms in total. The second-order valence-corrected chi connectivity index (χ2v) is 7.76. The molecular formula is C17H30N2O2. The van der Waals surface area contributed by atoms with Crippen molar-refractivity contribution in [2.24, 2.45) is 17.8 Å². The number of hydrogen-bond acceptors (Lipinski definition) is 3. The van der Waals surface area contributed by atoms with Gasteiger partial charge < -0.3 is 15.3 Å². The Labute approximate surface area is 128 Å². The largest absolute Gasteiger partial charge is 0.480 e. The fourth-order valence-corrected chi connectivity index (χ4v) is 5.27. The molecule has 5 unspecified atom stereocenters. The number of carboxylic acid groups (broad SMARTS) is 1. The first kappa shape index (κ1) is 15.3. The van der Waals surface area contributed by atoms with Crippen LogP contribution in [-0.2, 0) is 4.79 Å². The summed E-state index contributed by atoms with van der Waals surface area (Å²) in [6.07, 6.45) is 9.43. The van der Waals surface area contributed by atoms with Crippen LogP contribution in [0.2, 0.25) is 0 Å². The fourth-order valence-electron chi connectivity index (χ4n) is 5.27. The van der Waals surface area contributed by atoms with Crippen molar-refractivity contribution in [2.75, 3.05) is 20.6 Å². The quantitative estimate of drug-likeness (QED) is 0.817. The van der Waals surface area contributed by atoms with E-state index < -0.39 is 11.5 Å². The average molecular weight is 294 g/mol. The minimum atomic E-state index is -0.703. The van der Waals surface area contributed by atoms with E-state index in [1.54, 1.807) is 7.05 Å². The first-order chi connectivity index (χ1) is 10.0. The summed E-state index contributed by atoms with van der Waals surface area (Å²) in [4.78, 5) is 14.1. The van der Waals surface area contributed by atoms with Crippen molar-refractivity contribution >= 4 is 5.97 Å². The number of rotatable bonds is 5. The Bertz CT molecular complexity index is 400. The second kappa shape index (κ2) is 5.88. The maximum Gasteiger partial charge on any atom is 0.323 e. The molecule has 0 aromatic rings. The lowest BCUT2D eigenvalue weighted by Crippen LogP contribution is -2.57. The molecule has 0 aliphatic heterocycles. The highest BCUT2D eigenvalue weighted by Gasteiger charge is 2.44. The molecule has 0 spiro atoms. The van der Waals surface area contributed by atoms with Gasteiger partial charge in [0, 0.05) is 12.6 Å². The SMILES string of the molecule is CNC1(C(=O)O)CCCC(N(C)CC2CC3CCC2C3)C1. The van der Waals surface area contributed by atoms with E-state index in [4.69, 9.17) is 0 Å². The highest BCUT2D eigenvalue weighted by Crippen LogP contribution is 2.48. The Kier molecular flexibility index (Phi) is 4.28. The molecule has 0 aromatic heterocycles. The van der Waals surface area contributed by atoms with E-state index in [1.165, 1.54) is 32.2 Å². The van der Waals surface area contributed by atoms with Crippen molar-refractivity contribution in [1.82, 2.24) is 10.2 Å². The summed E-state index contributed by atoms with van der Waals surface area (Å²) in [5.41, 5.74) is -0.703. The zero-order chi connectivity index (χ0) is 15.0. The highest BCUT2D eigenvalue weighted by atomic mass is 16.4. The smallest absolute Gasteiger partial charge is 0.323 e. The van der Waals surface area contributed by atoms with Crippen LogP contribution in [0.25, 0.3) is 0 Å². The van der Waals surface area contributed by atoms with Gasteiger partial charge in [0.05, 0.1) is 0 Å². The summed E-state index contributed by atoms with van der Waals surface area (Å²) < 4.78 is 0. The summed E-state index contributed by atoms with van der Waals surface area (Å²) in [6.45, 7) is 1.17. The topological polar surface area (TPSA) is 52.6 Å². The van der Waals surface area contributed by atoms with E-state index >= 15 is 0 Å². The minimum Gasteiger partial charge on any atom is -0.480 e. The van der Waals surface area contributed by atoms with Crippen molar-refractivity contribution in [3.63, 3.8) is 0 Å². The number of carbonyl (C=O) groups is 1. The molecule has 3 aliphatic carbocycles. The van der Waals surface area contributed by atoms with Crippen molar-refractivity contribution in [3.05, 3.63) is 0 Å². The van der Waals surface area contributed by atoms with Gasteiger partial charge in [-0.2, -0.15) is 0 Å². The molecule has 5 atom stereocenters. The number of nitrogens with one attached hydrogen (secondary N) is 1. The van der Waals surface area contributed by atoms with E-state index in [9.17, 15) is 9.90 Å². The van der Waals surface area contributed by atoms with Gasteiger partial charge in [0.2, 0.25) is 0 Å². The number of nitrogens with zero attached hydrogens (tertiary/aromatic N) is 1. The standard InChI is InChI=1S/C17H30N2O2/c1-18-17(16(20)21)7-3-4-15(10-17)19(2)11-14-9-12-5-6-13(14)8-12/h12-15,18H,3-11H2,1-2H3,(H,20,21). The Morgan fingerprint density at radius 1 is 1.33 bits per heavy atom. The predicted molar refractivity (Wildman–Crippen MR) is 83.3 cm³/mol. The Morgan fingerprint density at radius 2 is 2.14 bits per heavy atom. The zero-order valence-electron chi connectivity index (χ0n) is 13.5. The first-order valence-corrected chi connectivity index (χ1v) is 8.66. The normalized spacial score (nSPS) is 42.6. The van der Waals surface area contributed by atoms with Gasteiger partial charge in [-0.3, -0.25) is 4.79 Å². The van der Waals surface area contributed by atoms with Crippen LogP contribution in [0.3, 0.4) is 0 Å². The van der Waals surface area contributed by atoms with Gasteiger partial charge in [0.25, 0.3) is 0 Å². The molecule has 2 bridgehead atoms. The Morgan fingerprint density at radius 3 is 2.71 bits per heavy atom. The van der Waals surface area contributed by atoms with Crippen LogP contribution in [0.4, 0.5) is 0 Å². The number of fused-ring (bicyclic) bond motifs is 2. The Balaban J connectivity index is 1.59. The van der Waals surface area contributed by atoms with E-state index in [-0.39, 0.29) is 0 Å². The van der Waals surface area contributed by atoms with Crippen LogP contribution in [-0.4, -0.2) is 48.2 Å². The number of likely N-dealkylation sites (N-methyl/N-ethyl adjacent to an activating group) is 1. The van der Waals surface area contributed by atoms with E-state index in [2.05, 4.69) is 17.3 Å². The first-order valence-electron chi connectivity index (χ1n) is 8.66. The van der Waals surface area contributed by atoms with Crippen molar-refractivity contribution in [1.29, 1.82) is 0 Å². The van der Waals surface area contributed by atoms with E-state index in [0.29, 0.717) is 6.04 Å². The fraction of sp³-hybridized carbons (Fsp3) is 0.941. The lowest BCUT2D eigenvalue weighted by atomic mass is 9.78. The number of hydrogen-bond donors (Lipinski definition) is 2. The molecule has 3 aliphatic rings. The third-order valence-corrected chi connectivity index (χ3v) is 6.64. The number of carboxylic acids is 1. The van der Waals surface area contributed by atoms with E-state index in [1.807, 2.05) is 0 Å². The molecule has 3 saturated carbocycles. The minimum absolute atomic E-state index is 0.418. The molecule has 120 valence electrons.